The number of furan rings is 1. The molecule has 0 fully saturated rings. The smallest absolute Gasteiger partial charge is 0.249 e. The highest BCUT2D eigenvalue weighted by Crippen LogP contribution is 2.31. The summed E-state index contributed by atoms with van der Waals surface area (Å²) < 4.78 is 5.65. The van der Waals surface area contributed by atoms with Crippen LogP contribution in [0.1, 0.15) is 21.6 Å². The molecule has 0 saturated carbocycles. The summed E-state index contributed by atoms with van der Waals surface area (Å²) in [6, 6.07) is 15.2. The van der Waals surface area contributed by atoms with Gasteiger partial charge in [0.15, 0.2) is 11.6 Å². The van der Waals surface area contributed by atoms with Gasteiger partial charge in [-0.05, 0) is 18.6 Å². The number of fused-ring (bicyclic) bond motifs is 1. The van der Waals surface area contributed by atoms with Gasteiger partial charge in [0.05, 0.1) is 5.56 Å². The van der Waals surface area contributed by atoms with Crippen LogP contribution >= 0.6 is 0 Å². The van der Waals surface area contributed by atoms with Gasteiger partial charge >= 0.3 is 0 Å². The average Bonchev–Trinajstić information content (AvgIpc) is 3.12. The maximum atomic E-state index is 11.6. The number of primary amides is 1. The number of aromatic nitrogens is 3. The maximum absolute atomic E-state index is 11.6. The molecule has 27 heavy (non-hydrogen) atoms. The molecule has 4 rings (SSSR count). The fraction of sp³-hybridized carbons (Fsp3) is 0.100. The van der Waals surface area contributed by atoms with Crippen LogP contribution in [0.15, 0.2) is 59.2 Å². The number of carbonyl (C=O) groups is 1. The molecular weight excluding hydrogens is 342 g/mol. The largest absolute Gasteiger partial charge is 0.460 e. The number of nitrogens with two attached hydrogens (primary N) is 1. The number of anilines is 1. The van der Waals surface area contributed by atoms with Crippen LogP contribution in [0, 0.1) is 6.92 Å². The van der Waals surface area contributed by atoms with E-state index < -0.39 is 5.91 Å². The third kappa shape index (κ3) is 3.22. The monoisotopic (exact) mass is 359 g/mol. The van der Waals surface area contributed by atoms with E-state index in [1.54, 1.807) is 12.1 Å². The number of carbonyl (C=O) groups excluding carboxylic acids is 1. The van der Waals surface area contributed by atoms with Crippen molar-refractivity contribution in [3.05, 3.63) is 71.6 Å². The lowest BCUT2D eigenvalue weighted by Crippen LogP contribution is -2.10. The molecule has 2 aromatic heterocycles. The number of hydrogen-bond acceptors (Lipinski definition) is 6. The molecule has 0 aliphatic carbocycles. The molecule has 0 unspecified atom stereocenters. The molecular formula is C20H17N5O2. The van der Waals surface area contributed by atoms with Gasteiger partial charge < -0.3 is 15.5 Å². The van der Waals surface area contributed by atoms with Crippen molar-refractivity contribution in [2.45, 2.75) is 13.5 Å². The van der Waals surface area contributed by atoms with E-state index in [2.05, 4.69) is 20.5 Å². The third-order valence-electron chi connectivity index (χ3n) is 4.27. The van der Waals surface area contributed by atoms with E-state index in [1.807, 2.05) is 43.3 Å². The van der Waals surface area contributed by atoms with Crippen molar-refractivity contribution < 1.29 is 9.21 Å². The van der Waals surface area contributed by atoms with E-state index in [0.717, 1.165) is 5.56 Å². The Morgan fingerprint density at radius 2 is 1.89 bits per heavy atom. The molecule has 0 saturated heterocycles. The number of aryl methyl sites for hydroxylation is 1. The highest BCUT2D eigenvalue weighted by molar-refractivity contribution is 6.08. The Morgan fingerprint density at radius 1 is 1.07 bits per heavy atom. The summed E-state index contributed by atoms with van der Waals surface area (Å²) in [6.45, 7) is 2.45. The molecule has 1 amide bonds. The molecule has 0 bridgehead atoms. The molecule has 0 spiro atoms. The molecule has 0 atom stereocenters. The lowest BCUT2D eigenvalue weighted by Gasteiger charge is -2.08. The first kappa shape index (κ1) is 16.7. The quantitative estimate of drug-likeness (QED) is 0.566. The predicted octanol–water partition coefficient (Wildman–Crippen LogP) is 3.30. The highest BCUT2D eigenvalue weighted by Gasteiger charge is 2.17. The van der Waals surface area contributed by atoms with Crippen molar-refractivity contribution >= 4 is 22.5 Å². The molecule has 0 aliphatic rings. The molecule has 3 N–H and O–H groups in total. The molecule has 0 aliphatic heterocycles. The van der Waals surface area contributed by atoms with Crippen molar-refractivity contribution in [3.8, 4) is 11.6 Å². The normalized spacial score (nSPS) is 10.9. The number of nitrogens with zero attached hydrogens (tertiary/aromatic N) is 3. The molecule has 2 aromatic carbocycles. The van der Waals surface area contributed by atoms with E-state index in [9.17, 15) is 4.79 Å². The lowest BCUT2D eigenvalue weighted by molar-refractivity contribution is 0.100. The van der Waals surface area contributed by atoms with Crippen molar-refractivity contribution in [2.24, 2.45) is 5.73 Å². The minimum absolute atomic E-state index is 0.341. The predicted molar refractivity (Wildman–Crippen MR) is 102 cm³/mol. The van der Waals surface area contributed by atoms with E-state index in [0.29, 0.717) is 46.0 Å². The first-order valence-electron chi connectivity index (χ1n) is 8.43. The van der Waals surface area contributed by atoms with Crippen LogP contribution in [0.5, 0.6) is 0 Å². The molecule has 134 valence electrons. The van der Waals surface area contributed by atoms with Gasteiger partial charge in [0.1, 0.15) is 12.0 Å². The van der Waals surface area contributed by atoms with Gasteiger partial charge in [-0.1, -0.05) is 42.5 Å². The van der Waals surface area contributed by atoms with Gasteiger partial charge in [-0.2, -0.15) is 0 Å². The van der Waals surface area contributed by atoms with Gasteiger partial charge in [-0.25, -0.2) is 4.98 Å². The Labute approximate surface area is 155 Å². The Balaban J connectivity index is 1.70. The first-order chi connectivity index (χ1) is 13.1. The zero-order valence-corrected chi connectivity index (χ0v) is 14.6. The number of rotatable bonds is 5. The van der Waals surface area contributed by atoms with Gasteiger partial charge in [-0.15, -0.1) is 10.2 Å². The number of nitrogens with one attached hydrogen (secondary N) is 1. The summed E-state index contributed by atoms with van der Waals surface area (Å²) in [7, 11) is 0. The third-order valence-corrected chi connectivity index (χ3v) is 4.27. The Bertz CT molecular complexity index is 1120. The summed E-state index contributed by atoms with van der Waals surface area (Å²) in [6.07, 6.45) is 1.49. The van der Waals surface area contributed by atoms with Gasteiger partial charge in [0.2, 0.25) is 11.7 Å². The fourth-order valence-electron chi connectivity index (χ4n) is 2.88. The summed E-state index contributed by atoms with van der Waals surface area (Å²) in [5.41, 5.74) is 7.64. The van der Waals surface area contributed by atoms with Crippen LogP contribution < -0.4 is 11.1 Å². The summed E-state index contributed by atoms with van der Waals surface area (Å²) >= 11 is 0. The van der Waals surface area contributed by atoms with Crippen molar-refractivity contribution in [1.29, 1.82) is 0 Å². The Morgan fingerprint density at radius 3 is 2.67 bits per heavy atom. The van der Waals surface area contributed by atoms with Crippen LogP contribution in [0.4, 0.5) is 5.82 Å². The Kier molecular flexibility index (Phi) is 4.25. The van der Waals surface area contributed by atoms with Crippen molar-refractivity contribution in [2.75, 3.05) is 5.32 Å². The molecule has 0 radical (unpaired) electrons. The van der Waals surface area contributed by atoms with E-state index >= 15 is 0 Å². The number of benzene rings is 2. The van der Waals surface area contributed by atoms with Gasteiger partial charge in [-0.3, -0.25) is 4.79 Å². The first-order valence-corrected chi connectivity index (χ1v) is 8.43. The fourth-order valence-corrected chi connectivity index (χ4v) is 2.88. The summed E-state index contributed by atoms with van der Waals surface area (Å²) in [4.78, 5) is 16.2. The van der Waals surface area contributed by atoms with E-state index in [-0.39, 0.29) is 0 Å². The maximum Gasteiger partial charge on any atom is 0.249 e. The second-order valence-corrected chi connectivity index (χ2v) is 6.10. The van der Waals surface area contributed by atoms with Crippen LogP contribution in [0.3, 0.4) is 0 Å². The average molecular weight is 359 g/mol. The summed E-state index contributed by atoms with van der Waals surface area (Å²) in [5, 5.41) is 13.0. The SMILES string of the molecule is Cc1nnc(-c2occ3c(C(N)=O)cccc23)nc1NCc1ccccc1. The lowest BCUT2D eigenvalue weighted by atomic mass is 10.1. The van der Waals surface area contributed by atoms with E-state index in [1.165, 1.54) is 6.26 Å². The van der Waals surface area contributed by atoms with Crippen molar-refractivity contribution in [3.63, 3.8) is 0 Å². The highest BCUT2D eigenvalue weighted by atomic mass is 16.3. The topological polar surface area (TPSA) is 107 Å². The zero-order valence-electron chi connectivity index (χ0n) is 14.6. The van der Waals surface area contributed by atoms with Crippen LogP contribution in [-0.4, -0.2) is 21.1 Å². The number of amides is 1. The van der Waals surface area contributed by atoms with Crippen LogP contribution in [-0.2, 0) is 6.54 Å². The molecule has 4 aromatic rings. The van der Waals surface area contributed by atoms with Crippen molar-refractivity contribution in [1.82, 2.24) is 15.2 Å². The van der Waals surface area contributed by atoms with Gasteiger partial charge in [0, 0.05) is 17.3 Å². The minimum Gasteiger partial charge on any atom is -0.460 e. The minimum atomic E-state index is -0.513. The van der Waals surface area contributed by atoms with Crippen LogP contribution in [0.25, 0.3) is 22.4 Å². The second kappa shape index (κ2) is 6.87. The molecule has 7 heteroatoms. The number of hydrogen-bond donors (Lipinski definition) is 2. The molecule has 2 heterocycles. The Hall–Kier alpha value is -3.74. The summed E-state index contributed by atoms with van der Waals surface area (Å²) in [5.74, 6) is 0.900. The second-order valence-electron chi connectivity index (χ2n) is 6.10. The van der Waals surface area contributed by atoms with Gasteiger partial charge in [0.25, 0.3) is 0 Å². The van der Waals surface area contributed by atoms with Crippen LogP contribution in [0.2, 0.25) is 0 Å². The molecule has 7 nitrogen and oxygen atoms in total. The zero-order chi connectivity index (χ0) is 18.8. The standard InChI is InChI=1S/C20H17N5O2/c1-12-19(22-10-13-6-3-2-4-7-13)23-20(25-24-12)17-14-8-5-9-15(18(21)26)16(14)11-27-17/h2-9,11H,10H2,1H3,(H2,21,26)(H,22,23,25). The van der Waals surface area contributed by atoms with E-state index in [4.69, 9.17) is 10.2 Å².